The maximum absolute atomic E-state index is 13.5. The molecule has 0 spiro atoms. The van der Waals surface area contributed by atoms with Crippen LogP contribution in [0.3, 0.4) is 0 Å². The normalized spacial score (nSPS) is 11.6. The van der Waals surface area contributed by atoms with E-state index < -0.39 is 0 Å². The van der Waals surface area contributed by atoms with Crippen molar-refractivity contribution in [2.24, 2.45) is 0 Å². The van der Waals surface area contributed by atoms with Crippen molar-refractivity contribution in [1.82, 2.24) is 9.13 Å². The van der Waals surface area contributed by atoms with Gasteiger partial charge in [0.25, 0.3) is 0 Å². The summed E-state index contributed by atoms with van der Waals surface area (Å²) in [6.07, 6.45) is 0. The van der Waals surface area contributed by atoms with E-state index in [1.807, 2.05) is 48.5 Å². The van der Waals surface area contributed by atoms with E-state index in [-0.39, 0.29) is 5.78 Å². The van der Waals surface area contributed by atoms with Crippen LogP contribution in [0.15, 0.2) is 146 Å². The smallest absolute Gasteiger partial charge is 0.193 e. The van der Waals surface area contributed by atoms with Crippen molar-refractivity contribution in [3.05, 3.63) is 157 Å². The van der Waals surface area contributed by atoms with Crippen molar-refractivity contribution in [3.63, 3.8) is 0 Å². The third kappa shape index (κ3) is 3.35. The van der Waals surface area contributed by atoms with Gasteiger partial charge >= 0.3 is 0 Å². The summed E-state index contributed by atoms with van der Waals surface area (Å²) in [7, 11) is 0. The first kappa shape index (κ1) is 22.6. The Morgan fingerprint density at radius 2 is 0.625 bits per heavy atom. The summed E-state index contributed by atoms with van der Waals surface area (Å²) in [5, 5.41) is 4.89. The lowest BCUT2D eigenvalue weighted by Gasteiger charge is -2.10. The number of hydrogen-bond acceptors (Lipinski definition) is 1. The van der Waals surface area contributed by atoms with Crippen LogP contribution in [-0.4, -0.2) is 14.9 Å². The van der Waals surface area contributed by atoms with Crippen molar-refractivity contribution < 1.29 is 4.79 Å². The molecule has 2 aromatic heterocycles. The highest BCUT2D eigenvalue weighted by atomic mass is 16.1. The quantitative estimate of drug-likeness (QED) is 0.216. The van der Waals surface area contributed by atoms with Gasteiger partial charge < -0.3 is 9.13 Å². The van der Waals surface area contributed by atoms with E-state index in [9.17, 15) is 4.79 Å². The van der Waals surface area contributed by atoms with Crippen LogP contribution in [0, 0.1) is 0 Å². The van der Waals surface area contributed by atoms with Gasteiger partial charge in [-0.2, -0.15) is 0 Å². The number of benzene rings is 6. The summed E-state index contributed by atoms with van der Waals surface area (Å²) in [6, 6.07) is 49.7. The number of aromatic nitrogens is 2. The number of fused-ring (bicyclic) bond motifs is 6. The second-order valence-electron chi connectivity index (χ2n) is 10.2. The number of hydrogen-bond donors (Lipinski definition) is 0. The lowest BCUT2D eigenvalue weighted by Crippen LogP contribution is -2.03. The Morgan fingerprint density at radius 3 is 0.925 bits per heavy atom. The fraction of sp³-hybridized carbons (Fsp3) is 0. The molecule has 0 saturated heterocycles. The van der Waals surface area contributed by atoms with Crippen LogP contribution >= 0.6 is 0 Å². The van der Waals surface area contributed by atoms with Gasteiger partial charge in [0.2, 0.25) is 0 Å². The summed E-state index contributed by atoms with van der Waals surface area (Å²) in [5.41, 5.74) is 8.05. The first-order valence-electron chi connectivity index (χ1n) is 13.5. The van der Waals surface area contributed by atoms with Crippen LogP contribution in [0.4, 0.5) is 0 Å². The zero-order valence-corrected chi connectivity index (χ0v) is 21.7. The molecular weight excluding hydrogens is 488 g/mol. The summed E-state index contributed by atoms with van der Waals surface area (Å²) in [6.45, 7) is 0. The first-order valence-corrected chi connectivity index (χ1v) is 13.5. The number of carbonyl (C=O) groups excluding carboxylic acids is 1. The molecule has 8 rings (SSSR count). The largest absolute Gasteiger partial charge is 0.309 e. The Kier molecular flexibility index (Phi) is 4.98. The van der Waals surface area contributed by atoms with Crippen LogP contribution in [0.2, 0.25) is 0 Å². The van der Waals surface area contributed by atoms with E-state index in [2.05, 4.69) is 106 Å². The highest BCUT2D eigenvalue weighted by molar-refractivity contribution is 6.11. The van der Waals surface area contributed by atoms with Gasteiger partial charge in [-0.15, -0.1) is 0 Å². The summed E-state index contributed by atoms with van der Waals surface area (Å²) < 4.78 is 4.53. The zero-order valence-electron chi connectivity index (χ0n) is 21.7. The minimum absolute atomic E-state index is 0.0162. The molecule has 40 heavy (non-hydrogen) atoms. The topological polar surface area (TPSA) is 26.9 Å². The number of carbonyl (C=O) groups is 1. The van der Waals surface area contributed by atoms with E-state index in [1.165, 1.54) is 21.5 Å². The maximum atomic E-state index is 13.5. The monoisotopic (exact) mass is 512 g/mol. The van der Waals surface area contributed by atoms with Crippen LogP contribution in [0.1, 0.15) is 15.9 Å². The Bertz CT molecular complexity index is 1950. The van der Waals surface area contributed by atoms with E-state index in [4.69, 9.17) is 0 Å². The molecule has 188 valence electrons. The van der Waals surface area contributed by atoms with E-state index in [0.29, 0.717) is 11.1 Å². The Morgan fingerprint density at radius 1 is 0.350 bits per heavy atom. The van der Waals surface area contributed by atoms with Crippen molar-refractivity contribution in [2.45, 2.75) is 0 Å². The molecule has 6 aromatic carbocycles. The lowest BCUT2D eigenvalue weighted by molar-refractivity contribution is 0.103. The molecule has 3 nitrogen and oxygen atoms in total. The Hall–Kier alpha value is -5.41. The molecule has 3 heteroatoms. The Balaban J connectivity index is 1.15. The molecule has 0 aliphatic heterocycles. The molecule has 0 atom stereocenters. The summed E-state index contributed by atoms with van der Waals surface area (Å²) >= 11 is 0. The summed E-state index contributed by atoms with van der Waals surface area (Å²) in [4.78, 5) is 13.5. The van der Waals surface area contributed by atoms with Crippen LogP contribution in [0.25, 0.3) is 55.0 Å². The van der Waals surface area contributed by atoms with Gasteiger partial charge in [-0.05, 0) is 72.8 Å². The van der Waals surface area contributed by atoms with Gasteiger partial charge in [-0.3, -0.25) is 4.79 Å². The first-order chi connectivity index (χ1) is 19.8. The van der Waals surface area contributed by atoms with Crippen molar-refractivity contribution in [1.29, 1.82) is 0 Å². The predicted octanol–water partition coefficient (Wildman–Crippen LogP) is 9.11. The highest BCUT2D eigenvalue weighted by Crippen LogP contribution is 2.33. The number of ketones is 1. The minimum Gasteiger partial charge on any atom is -0.309 e. The van der Waals surface area contributed by atoms with Crippen molar-refractivity contribution >= 4 is 49.4 Å². The molecule has 0 unspecified atom stereocenters. The molecule has 0 radical (unpaired) electrons. The highest BCUT2D eigenvalue weighted by Gasteiger charge is 2.15. The molecule has 0 aliphatic rings. The fourth-order valence-electron chi connectivity index (χ4n) is 6.09. The van der Waals surface area contributed by atoms with Crippen LogP contribution in [-0.2, 0) is 0 Å². The van der Waals surface area contributed by atoms with Crippen molar-refractivity contribution in [2.75, 3.05) is 0 Å². The molecule has 0 saturated carbocycles. The standard InChI is InChI=1S/C37H24N2O/c40-37(25-17-21-27(22-18-25)38-33-13-5-1-9-29(33)30-10-2-6-14-34(30)38)26-19-23-28(24-20-26)39-35-15-7-3-11-31(35)32-12-4-8-16-36(32)39/h1-24H. The van der Waals surface area contributed by atoms with Gasteiger partial charge in [0.1, 0.15) is 0 Å². The summed E-state index contributed by atoms with van der Waals surface area (Å²) in [5.74, 6) is 0.0162. The number of nitrogens with zero attached hydrogens (tertiary/aromatic N) is 2. The maximum Gasteiger partial charge on any atom is 0.193 e. The second-order valence-corrected chi connectivity index (χ2v) is 10.2. The van der Waals surface area contributed by atoms with E-state index >= 15 is 0 Å². The van der Waals surface area contributed by atoms with Crippen LogP contribution < -0.4 is 0 Å². The van der Waals surface area contributed by atoms with Gasteiger partial charge in [0.05, 0.1) is 22.1 Å². The molecule has 0 fully saturated rings. The molecule has 0 N–H and O–H groups in total. The van der Waals surface area contributed by atoms with E-state index in [0.717, 1.165) is 33.4 Å². The second kappa shape index (κ2) is 8.82. The molecule has 0 bridgehead atoms. The average molecular weight is 513 g/mol. The molecule has 0 amide bonds. The fourth-order valence-corrected chi connectivity index (χ4v) is 6.09. The van der Waals surface area contributed by atoms with Gasteiger partial charge in [0.15, 0.2) is 5.78 Å². The predicted molar refractivity (Wildman–Crippen MR) is 165 cm³/mol. The number of rotatable bonds is 4. The van der Waals surface area contributed by atoms with Gasteiger partial charge in [-0.1, -0.05) is 72.8 Å². The zero-order chi connectivity index (χ0) is 26.6. The molecule has 8 aromatic rings. The van der Waals surface area contributed by atoms with Crippen LogP contribution in [0.5, 0.6) is 0 Å². The Labute approximate surface area is 231 Å². The van der Waals surface area contributed by atoms with Crippen molar-refractivity contribution in [3.8, 4) is 11.4 Å². The third-order valence-corrected chi connectivity index (χ3v) is 7.94. The van der Waals surface area contributed by atoms with E-state index in [1.54, 1.807) is 0 Å². The molecular formula is C37H24N2O. The SMILES string of the molecule is O=C(c1ccc(-n2c3ccccc3c3ccccc32)cc1)c1ccc(-n2c3ccccc3c3ccccc32)cc1. The minimum atomic E-state index is 0.0162. The molecule has 2 heterocycles. The average Bonchev–Trinajstić information content (AvgIpc) is 3.54. The number of para-hydroxylation sites is 4. The molecule has 0 aliphatic carbocycles. The lowest BCUT2D eigenvalue weighted by atomic mass is 10.0. The third-order valence-electron chi connectivity index (χ3n) is 7.94. The van der Waals surface area contributed by atoms with Gasteiger partial charge in [-0.25, -0.2) is 0 Å². The van der Waals surface area contributed by atoms with Gasteiger partial charge in [0, 0.05) is 44.0 Å².